The number of benzene rings is 1. The highest BCUT2D eigenvalue weighted by Gasteiger charge is 2.41. The summed E-state index contributed by atoms with van der Waals surface area (Å²) in [4.78, 5) is 9.44. The molecule has 0 aliphatic carbocycles. The summed E-state index contributed by atoms with van der Waals surface area (Å²) in [6.45, 7) is 11.5. The fourth-order valence-corrected chi connectivity index (χ4v) is 4.82. The lowest BCUT2D eigenvalue weighted by atomic mass is 10.00. The first kappa shape index (κ1) is 24.0. The van der Waals surface area contributed by atoms with Crippen molar-refractivity contribution in [2.24, 2.45) is 4.99 Å². The van der Waals surface area contributed by atoms with E-state index >= 15 is 0 Å². The van der Waals surface area contributed by atoms with Gasteiger partial charge >= 0.3 is 0 Å². The third kappa shape index (κ3) is 5.40. The molecular weight excluding hydrogens is 505 g/mol. The Bertz CT molecular complexity index is 853. The van der Waals surface area contributed by atoms with Crippen LogP contribution >= 0.6 is 24.0 Å². The van der Waals surface area contributed by atoms with E-state index in [1.807, 2.05) is 20.9 Å². The van der Waals surface area contributed by atoms with Gasteiger partial charge in [-0.2, -0.15) is 0 Å². The fourth-order valence-electron chi connectivity index (χ4n) is 4.82. The zero-order valence-corrected chi connectivity index (χ0v) is 21.2. The monoisotopic (exact) mass is 539 g/mol. The van der Waals surface area contributed by atoms with Gasteiger partial charge < -0.3 is 19.5 Å². The number of guanidine groups is 1. The minimum atomic E-state index is 0. The third-order valence-electron chi connectivity index (χ3n) is 6.30. The van der Waals surface area contributed by atoms with Gasteiger partial charge in [0.05, 0.1) is 24.4 Å². The van der Waals surface area contributed by atoms with Crippen molar-refractivity contribution in [3.8, 4) is 0 Å². The molecule has 3 heterocycles. The van der Waals surface area contributed by atoms with E-state index in [2.05, 4.69) is 62.5 Å². The molecule has 7 nitrogen and oxygen atoms in total. The molecule has 2 aliphatic rings. The SMILES string of the molecule is CN=C(NCC(C)c1c(C)noc1C)N1CC2OCCN(Cc3ccccc3)C2C1.I. The minimum Gasteiger partial charge on any atom is -0.373 e. The van der Waals surface area contributed by atoms with E-state index in [1.54, 1.807) is 0 Å². The van der Waals surface area contributed by atoms with E-state index in [-0.39, 0.29) is 30.1 Å². The number of aromatic nitrogens is 1. The molecule has 2 aromatic rings. The summed E-state index contributed by atoms with van der Waals surface area (Å²) in [5.74, 6) is 2.13. The molecule has 8 heteroatoms. The number of nitrogens with zero attached hydrogens (tertiary/aromatic N) is 4. The van der Waals surface area contributed by atoms with Gasteiger partial charge in [0, 0.05) is 51.3 Å². The number of fused-ring (bicyclic) bond motifs is 1. The van der Waals surface area contributed by atoms with Crippen LogP contribution in [0.25, 0.3) is 0 Å². The first-order valence-electron chi connectivity index (χ1n) is 10.8. The molecule has 2 aliphatic heterocycles. The van der Waals surface area contributed by atoms with Crippen LogP contribution in [0, 0.1) is 13.8 Å². The molecule has 1 N–H and O–H groups in total. The van der Waals surface area contributed by atoms with Crippen molar-refractivity contribution in [3.05, 3.63) is 52.9 Å². The fraction of sp³-hybridized carbons (Fsp3) is 0.565. The highest BCUT2D eigenvalue weighted by Crippen LogP contribution is 2.25. The Morgan fingerprint density at radius 2 is 2.03 bits per heavy atom. The van der Waals surface area contributed by atoms with Crippen LogP contribution in [0.5, 0.6) is 0 Å². The number of morpholine rings is 1. The molecule has 1 aromatic carbocycles. The normalized spacial score (nSPS) is 22.7. The summed E-state index contributed by atoms with van der Waals surface area (Å²) in [6.07, 6.45) is 0.223. The maximum absolute atomic E-state index is 6.12. The van der Waals surface area contributed by atoms with Crippen molar-refractivity contribution in [1.29, 1.82) is 0 Å². The molecule has 1 aromatic heterocycles. The van der Waals surface area contributed by atoms with E-state index < -0.39 is 0 Å². The summed E-state index contributed by atoms with van der Waals surface area (Å²) in [5, 5.41) is 7.65. The van der Waals surface area contributed by atoms with Gasteiger partial charge in [-0.05, 0) is 19.4 Å². The second kappa shape index (κ2) is 10.8. The van der Waals surface area contributed by atoms with Crippen molar-refractivity contribution in [2.45, 2.75) is 45.4 Å². The molecule has 170 valence electrons. The summed E-state index contributed by atoms with van der Waals surface area (Å²) < 4.78 is 11.5. The number of halogens is 1. The van der Waals surface area contributed by atoms with E-state index in [0.717, 1.165) is 56.7 Å². The molecule has 3 unspecified atom stereocenters. The summed E-state index contributed by atoms with van der Waals surface area (Å²) in [6, 6.07) is 11.1. The Balaban J connectivity index is 0.00000272. The Kier molecular flexibility index (Phi) is 8.35. The van der Waals surface area contributed by atoms with Gasteiger partial charge in [-0.15, -0.1) is 24.0 Å². The van der Waals surface area contributed by atoms with Crippen LogP contribution in [0.2, 0.25) is 0 Å². The van der Waals surface area contributed by atoms with Crippen molar-refractivity contribution in [3.63, 3.8) is 0 Å². The second-order valence-electron chi connectivity index (χ2n) is 8.40. The lowest BCUT2D eigenvalue weighted by molar-refractivity contribution is -0.0502. The van der Waals surface area contributed by atoms with E-state index in [4.69, 9.17) is 9.26 Å². The number of likely N-dealkylation sites (tertiary alicyclic amines) is 1. The topological polar surface area (TPSA) is 66.1 Å². The number of hydrogen-bond donors (Lipinski definition) is 1. The largest absolute Gasteiger partial charge is 0.373 e. The molecule has 0 bridgehead atoms. The molecule has 0 spiro atoms. The van der Waals surface area contributed by atoms with Crippen molar-refractivity contribution in [1.82, 2.24) is 20.3 Å². The molecule has 4 rings (SSSR count). The van der Waals surface area contributed by atoms with E-state index in [1.165, 1.54) is 11.1 Å². The van der Waals surface area contributed by atoms with Crippen LogP contribution in [0.15, 0.2) is 39.8 Å². The number of rotatable bonds is 5. The maximum atomic E-state index is 6.12. The molecule has 2 fully saturated rings. The standard InChI is InChI=1S/C23H33N5O2.HI/c1-16(22-17(2)26-30-18(22)3)12-25-23(24-4)28-14-20-21(15-28)29-11-10-27(20)13-19-8-6-5-7-9-19;/h5-9,16,20-21H,10-15H2,1-4H3,(H,24,25);1H. The van der Waals surface area contributed by atoms with Gasteiger partial charge in [-0.3, -0.25) is 9.89 Å². The lowest BCUT2D eigenvalue weighted by Gasteiger charge is -2.36. The van der Waals surface area contributed by atoms with Gasteiger partial charge in [0.2, 0.25) is 0 Å². The average Bonchev–Trinajstić information content (AvgIpc) is 3.33. The van der Waals surface area contributed by atoms with Gasteiger partial charge in [0.15, 0.2) is 5.96 Å². The highest BCUT2D eigenvalue weighted by molar-refractivity contribution is 14.0. The summed E-state index contributed by atoms with van der Waals surface area (Å²) in [5.41, 5.74) is 3.51. The lowest BCUT2D eigenvalue weighted by Crippen LogP contribution is -2.50. The first-order chi connectivity index (χ1) is 14.6. The second-order valence-corrected chi connectivity index (χ2v) is 8.40. The highest BCUT2D eigenvalue weighted by atomic mass is 127. The first-order valence-corrected chi connectivity index (χ1v) is 10.8. The Hall–Kier alpha value is -1.65. The van der Waals surface area contributed by atoms with Crippen LogP contribution in [-0.4, -0.2) is 72.9 Å². The Morgan fingerprint density at radius 3 is 2.71 bits per heavy atom. The van der Waals surface area contributed by atoms with Crippen LogP contribution in [0.3, 0.4) is 0 Å². The molecule has 0 amide bonds. The van der Waals surface area contributed by atoms with Gasteiger partial charge in [0.25, 0.3) is 0 Å². The average molecular weight is 539 g/mol. The van der Waals surface area contributed by atoms with Gasteiger partial charge in [0.1, 0.15) is 5.76 Å². The molecule has 3 atom stereocenters. The molecule has 2 saturated heterocycles. The van der Waals surface area contributed by atoms with Crippen molar-refractivity contribution < 1.29 is 9.26 Å². The van der Waals surface area contributed by atoms with Gasteiger partial charge in [-0.1, -0.05) is 42.4 Å². The van der Waals surface area contributed by atoms with Crippen LogP contribution < -0.4 is 5.32 Å². The van der Waals surface area contributed by atoms with Crippen LogP contribution in [0.1, 0.15) is 35.4 Å². The third-order valence-corrected chi connectivity index (χ3v) is 6.30. The molecule has 0 saturated carbocycles. The maximum Gasteiger partial charge on any atom is 0.193 e. The molecular formula is C23H34IN5O2. The molecule has 31 heavy (non-hydrogen) atoms. The summed E-state index contributed by atoms with van der Waals surface area (Å²) >= 11 is 0. The van der Waals surface area contributed by atoms with E-state index in [0.29, 0.717) is 12.0 Å². The predicted molar refractivity (Wildman–Crippen MR) is 133 cm³/mol. The number of aliphatic imine (C=N–C) groups is 1. The van der Waals surface area contributed by atoms with E-state index in [9.17, 15) is 0 Å². The van der Waals surface area contributed by atoms with Crippen LogP contribution in [0.4, 0.5) is 0 Å². The zero-order chi connectivity index (χ0) is 21.1. The zero-order valence-electron chi connectivity index (χ0n) is 18.9. The Labute approximate surface area is 202 Å². The smallest absolute Gasteiger partial charge is 0.193 e. The number of ether oxygens (including phenoxy) is 1. The van der Waals surface area contributed by atoms with Crippen LogP contribution in [-0.2, 0) is 11.3 Å². The Morgan fingerprint density at radius 1 is 1.26 bits per heavy atom. The van der Waals surface area contributed by atoms with Gasteiger partial charge in [-0.25, -0.2) is 0 Å². The predicted octanol–water partition coefficient (Wildman–Crippen LogP) is 3.17. The number of nitrogens with one attached hydrogen (secondary N) is 1. The quantitative estimate of drug-likeness (QED) is 0.358. The minimum absolute atomic E-state index is 0. The van der Waals surface area contributed by atoms with Crippen molar-refractivity contribution >= 4 is 29.9 Å². The molecule has 0 radical (unpaired) electrons. The number of hydrogen-bond acceptors (Lipinski definition) is 5. The number of aryl methyl sites for hydroxylation is 2. The van der Waals surface area contributed by atoms with Crippen molar-refractivity contribution in [2.75, 3.05) is 39.8 Å². The summed E-state index contributed by atoms with van der Waals surface area (Å²) in [7, 11) is 1.85.